The lowest BCUT2D eigenvalue weighted by Crippen LogP contribution is -2.06. The lowest BCUT2D eigenvalue weighted by atomic mass is 10.1. The SMILES string of the molecule is CCOc1ccc(C=C2C(=O)ON=C2CCl)cc1. The summed E-state index contributed by atoms with van der Waals surface area (Å²) in [5.74, 6) is 0.466. The Kier molecular flexibility index (Phi) is 3.99. The zero-order valence-electron chi connectivity index (χ0n) is 9.85. The van der Waals surface area contributed by atoms with Gasteiger partial charge in [0.1, 0.15) is 11.5 Å². The average molecular weight is 266 g/mol. The standard InChI is InChI=1S/C13H12ClNO3/c1-2-17-10-5-3-9(4-6-10)7-11-12(8-14)15-18-13(11)16/h3-7H,2,8H2,1H3. The highest BCUT2D eigenvalue weighted by molar-refractivity contribution is 6.38. The van der Waals surface area contributed by atoms with Gasteiger partial charge in [0.2, 0.25) is 0 Å². The van der Waals surface area contributed by atoms with E-state index in [1.807, 2.05) is 31.2 Å². The molecule has 0 amide bonds. The minimum Gasteiger partial charge on any atom is -0.494 e. The van der Waals surface area contributed by atoms with Crippen LogP contribution in [0.25, 0.3) is 6.08 Å². The van der Waals surface area contributed by atoms with Crippen molar-refractivity contribution in [3.8, 4) is 5.75 Å². The topological polar surface area (TPSA) is 47.9 Å². The number of alkyl halides is 1. The molecule has 0 fully saturated rings. The number of nitrogens with zero attached hydrogens (tertiary/aromatic N) is 1. The lowest BCUT2D eigenvalue weighted by molar-refractivity contribution is -0.136. The highest BCUT2D eigenvalue weighted by Gasteiger charge is 2.24. The fourth-order valence-electron chi connectivity index (χ4n) is 1.54. The van der Waals surface area contributed by atoms with Crippen LogP contribution in [-0.4, -0.2) is 24.2 Å². The third kappa shape index (κ3) is 2.71. The van der Waals surface area contributed by atoms with Gasteiger partial charge in [0, 0.05) is 0 Å². The van der Waals surface area contributed by atoms with Crippen LogP contribution in [-0.2, 0) is 9.63 Å². The molecule has 94 valence electrons. The smallest absolute Gasteiger partial charge is 0.367 e. The molecule has 0 bridgehead atoms. The average Bonchev–Trinajstić information content (AvgIpc) is 2.73. The number of benzene rings is 1. The second-order valence-electron chi connectivity index (χ2n) is 3.61. The number of carbonyl (C=O) groups excluding carboxylic acids is 1. The van der Waals surface area contributed by atoms with Crippen molar-refractivity contribution in [1.82, 2.24) is 0 Å². The Balaban J connectivity index is 2.22. The van der Waals surface area contributed by atoms with E-state index < -0.39 is 5.97 Å². The van der Waals surface area contributed by atoms with Gasteiger partial charge in [-0.15, -0.1) is 11.6 Å². The fourth-order valence-corrected chi connectivity index (χ4v) is 1.74. The minimum absolute atomic E-state index is 0.147. The van der Waals surface area contributed by atoms with Crippen molar-refractivity contribution in [2.24, 2.45) is 5.16 Å². The number of halogens is 1. The zero-order valence-corrected chi connectivity index (χ0v) is 10.6. The molecule has 18 heavy (non-hydrogen) atoms. The molecular weight excluding hydrogens is 254 g/mol. The van der Waals surface area contributed by atoms with Gasteiger partial charge in [0.25, 0.3) is 0 Å². The highest BCUT2D eigenvalue weighted by atomic mass is 35.5. The van der Waals surface area contributed by atoms with E-state index in [9.17, 15) is 4.79 Å². The van der Waals surface area contributed by atoms with Crippen molar-refractivity contribution in [2.45, 2.75) is 6.92 Å². The van der Waals surface area contributed by atoms with Gasteiger partial charge in [-0.1, -0.05) is 17.3 Å². The number of carbonyl (C=O) groups is 1. The summed E-state index contributed by atoms with van der Waals surface area (Å²) >= 11 is 5.68. The predicted molar refractivity (Wildman–Crippen MR) is 69.8 cm³/mol. The maximum atomic E-state index is 11.4. The first-order valence-corrected chi connectivity index (χ1v) is 6.07. The molecule has 0 radical (unpaired) electrons. The van der Waals surface area contributed by atoms with Gasteiger partial charge in [-0.05, 0) is 30.7 Å². The number of ether oxygens (including phenoxy) is 1. The first-order valence-electron chi connectivity index (χ1n) is 5.53. The minimum atomic E-state index is -0.473. The van der Waals surface area contributed by atoms with E-state index in [4.69, 9.17) is 16.3 Å². The van der Waals surface area contributed by atoms with Crippen LogP contribution in [0.5, 0.6) is 5.75 Å². The second-order valence-corrected chi connectivity index (χ2v) is 3.88. The van der Waals surface area contributed by atoms with Gasteiger partial charge in [-0.3, -0.25) is 0 Å². The Morgan fingerprint density at radius 2 is 2.11 bits per heavy atom. The first kappa shape index (κ1) is 12.6. The van der Waals surface area contributed by atoms with E-state index in [-0.39, 0.29) is 5.88 Å². The molecule has 0 unspecified atom stereocenters. The molecule has 0 atom stereocenters. The van der Waals surface area contributed by atoms with Crippen LogP contribution in [0, 0.1) is 0 Å². The van der Waals surface area contributed by atoms with Gasteiger partial charge in [0.05, 0.1) is 18.1 Å². The Bertz CT molecular complexity index is 505. The van der Waals surface area contributed by atoms with Crippen LogP contribution in [0.15, 0.2) is 35.0 Å². The van der Waals surface area contributed by atoms with Crippen LogP contribution >= 0.6 is 11.6 Å². The third-order valence-corrected chi connectivity index (χ3v) is 2.65. The normalized spacial score (nSPS) is 16.7. The van der Waals surface area contributed by atoms with Gasteiger partial charge in [-0.2, -0.15) is 0 Å². The maximum Gasteiger partial charge on any atom is 0.367 e. The van der Waals surface area contributed by atoms with Gasteiger partial charge >= 0.3 is 5.97 Å². The van der Waals surface area contributed by atoms with Crippen LogP contribution in [0.1, 0.15) is 12.5 Å². The van der Waals surface area contributed by atoms with Gasteiger partial charge in [-0.25, -0.2) is 4.79 Å². The van der Waals surface area contributed by atoms with Gasteiger partial charge < -0.3 is 9.57 Å². The lowest BCUT2D eigenvalue weighted by Gasteiger charge is -2.02. The summed E-state index contributed by atoms with van der Waals surface area (Å²) in [5, 5.41) is 3.60. The number of hydrogen-bond donors (Lipinski definition) is 0. The summed E-state index contributed by atoms with van der Waals surface area (Å²) in [4.78, 5) is 16.0. The summed E-state index contributed by atoms with van der Waals surface area (Å²) in [6, 6.07) is 7.40. The summed E-state index contributed by atoms with van der Waals surface area (Å²) < 4.78 is 5.34. The number of hydrogen-bond acceptors (Lipinski definition) is 4. The van der Waals surface area contributed by atoms with Crippen molar-refractivity contribution in [3.05, 3.63) is 35.4 Å². The van der Waals surface area contributed by atoms with E-state index >= 15 is 0 Å². The van der Waals surface area contributed by atoms with Crippen LogP contribution in [0.3, 0.4) is 0 Å². The van der Waals surface area contributed by atoms with Gasteiger partial charge in [0.15, 0.2) is 0 Å². The van der Waals surface area contributed by atoms with Crippen molar-refractivity contribution < 1.29 is 14.4 Å². The molecule has 1 aromatic carbocycles. The van der Waals surface area contributed by atoms with E-state index in [0.29, 0.717) is 17.9 Å². The molecular formula is C13H12ClNO3. The molecule has 5 heteroatoms. The molecule has 0 N–H and O–H groups in total. The summed E-state index contributed by atoms with van der Waals surface area (Å²) in [5.41, 5.74) is 1.72. The van der Waals surface area contributed by atoms with Crippen molar-refractivity contribution in [3.63, 3.8) is 0 Å². The predicted octanol–water partition coefficient (Wildman–Crippen LogP) is 2.62. The summed E-state index contributed by atoms with van der Waals surface area (Å²) in [6.45, 7) is 2.55. The number of oxime groups is 1. The zero-order chi connectivity index (χ0) is 13.0. The van der Waals surface area contributed by atoms with Crippen LogP contribution in [0.2, 0.25) is 0 Å². The highest BCUT2D eigenvalue weighted by Crippen LogP contribution is 2.18. The number of rotatable bonds is 4. The molecule has 4 nitrogen and oxygen atoms in total. The van der Waals surface area contributed by atoms with Crippen LogP contribution < -0.4 is 4.74 Å². The first-order chi connectivity index (χ1) is 8.74. The Morgan fingerprint density at radius 3 is 2.72 bits per heavy atom. The molecule has 0 spiro atoms. The molecule has 1 aromatic rings. The molecule has 1 aliphatic heterocycles. The van der Waals surface area contributed by atoms with Crippen molar-refractivity contribution in [2.75, 3.05) is 12.5 Å². The maximum absolute atomic E-state index is 11.4. The largest absolute Gasteiger partial charge is 0.494 e. The van der Waals surface area contributed by atoms with Crippen LogP contribution in [0.4, 0.5) is 0 Å². The van der Waals surface area contributed by atoms with Crippen molar-refractivity contribution in [1.29, 1.82) is 0 Å². The van der Waals surface area contributed by atoms with E-state index in [1.165, 1.54) is 0 Å². The molecule has 2 rings (SSSR count). The molecule has 0 saturated carbocycles. The quantitative estimate of drug-likeness (QED) is 0.478. The molecule has 0 saturated heterocycles. The summed E-state index contributed by atoms with van der Waals surface area (Å²) in [7, 11) is 0. The van der Waals surface area contributed by atoms with Crippen molar-refractivity contribution >= 4 is 29.4 Å². The monoisotopic (exact) mass is 265 g/mol. The fraction of sp³-hybridized carbons (Fsp3) is 0.231. The molecule has 0 aromatic heterocycles. The Morgan fingerprint density at radius 1 is 1.39 bits per heavy atom. The molecule has 1 aliphatic rings. The molecule has 0 aliphatic carbocycles. The Hall–Kier alpha value is -1.81. The van der Waals surface area contributed by atoms with E-state index in [2.05, 4.69) is 9.99 Å². The summed E-state index contributed by atoms with van der Waals surface area (Å²) in [6.07, 6.45) is 1.70. The Labute approximate surface area is 110 Å². The third-order valence-electron chi connectivity index (χ3n) is 2.40. The molecule has 1 heterocycles. The van der Waals surface area contributed by atoms with E-state index in [0.717, 1.165) is 11.3 Å². The second kappa shape index (κ2) is 5.69. The van der Waals surface area contributed by atoms with E-state index in [1.54, 1.807) is 6.08 Å².